The highest BCUT2D eigenvalue weighted by Crippen LogP contribution is 2.24. The second kappa shape index (κ2) is 8.10. The maximum Gasteiger partial charge on any atom is 0.292 e. The van der Waals surface area contributed by atoms with E-state index in [1.165, 1.54) is 0 Å². The number of allylic oxidation sites excluding steroid dienone is 3. The second-order valence-electron chi connectivity index (χ2n) is 3.89. The van der Waals surface area contributed by atoms with Crippen molar-refractivity contribution in [2.24, 2.45) is 0 Å². The van der Waals surface area contributed by atoms with Gasteiger partial charge in [0.2, 0.25) is 0 Å². The molecule has 0 spiro atoms. The van der Waals surface area contributed by atoms with Crippen molar-refractivity contribution in [1.29, 1.82) is 0 Å². The van der Waals surface area contributed by atoms with Gasteiger partial charge in [-0.3, -0.25) is 4.79 Å². The molecule has 0 radical (unpaired) electrons. The van der Waals surface area contributed by atoms with Crippen LogP contribution in [0.2, 0.25) is 18.1 Å². The van der Waals surface area contributed by atoms with E-state index in [2.05, 4.69) is 19.7 Å². The van der Waals surface area contributed by atoms with Gasteiger partial charge in [0, 0.05) is 6.42 Å². The molecule has 0 aromatic rings. The predicted octanol–water partition coefficient (Wildman–Crippen LogP) is 3.83. The Bertz CT molecular complexity index is 232. The molecule has 0 aromatic heterocycles. The van der Waals surface area contributed by atoms with Crippen molar-refractivity contribution < 1.29 is 9.22 Å². The molecule has 0 atom stereocenters. The normalized spacial score (nSPS) is 10.6. The van der Waals surface area contributed by atoms with E-state index in [1.54, 1.807) is 0 Å². The van der Waals surface area contributed by atoms with Gasteiger partial charge in [-0.1, -0.05) is 25.2 Å². The zero-order valence-corrected chi connectivity index (χ0v) is 11.2. The minimum Gasteiger partial charge on any atom is -0.518 e. The first kappa shape index (κ1) is 14.9. The first-order valence-corrected chi connectivity index (χ1v) is 8.21. The standard InChI is InChI=1S/C13H22O2Si/c1-5-9-13(14)15-16(10-6-2,11-7-3)12-8-4/h6-8H,2-5,9-12H2,1H3. The van der Waals surface area contributed by atoms with Crippen LogP contribution in [0.4, 0.5) is 0 Å². The van der Waals surface area contributed by atoms with Crippen molar-refractivity contribution in [2.45, 2.75) is 37.9 Å². The summed E-state index contributed by atoms with van der Waals surface area (Å²) in [6, 6.07) is 2.29. The molecular weight excluding hydrogens is 216 g/mol. The summed E-state index contributed by atoms with van der Waals surface area (Å²) in [5.41, 5.74) is 0. The van der Waals surface area contributed by atoms with Crippen LogP contribution in [0.1, 0.15) is 19.8 Å². The molecule has 0 aliphatic heterocycles. The lowest BCUT2D eigenvalue weighted by molar-refractivity contribution is -0.135. The van der Waals surface area contributed by atoms with E-state index in [-0.39, 0.29) is 5.97 Å². The molecule has 2 nitrogen and oxygen atoms in total. The lowest BCUT2D eigenvalue weighted by Gasteiger charge is -2.28. The first-order valence-electron chi connectivity index (χ1n) is 5.68. The molecule has 0 N–H and O–H groups in total. The fourth-order valence-electron chi connectivity index (χ4n) is 1.66. The Balaban J connectivity index is 4.69. The van der Waals surface area contributed by atoms with Crippen LogP contribution in [0.5, 0.6) is 0 Å². The van der Waals surface area contributed by atoms with E-state index in [4.69, 9.17) is 4.43 Å². The maximum absolute atomic E-state index is 11.6. The predicted molar refractivity (Wildman–Crippen MR) is 71.8 cm³/mol. The second-order valence-corrected chi connectivity index (χ2v) is 7.68. The van der Waals surface area contributed by atoms with Gasteiger partial charge in [-0.2, -0.15) is 0 Å². The average molecular weight is 238 g/mol. The summed E-state index contributed by atoms with van der Waals surface area (Å²) < 4.78 is 5.69. The van der Waals surface area contributed by atoms with Crippen LogP contribution in [0.25, 0.3) is 0 Å². The maximum atomic E-state index is 11.6. The molecule has 0 aliphatic carbocycles. The summed E-state index contributed by atoms with van der Waals surface area (Å²) in [4.78, 5) is 11.6. The van der Waals surface area contributed by atoms with Crippen LogP contribution in [0.15, 0.2) is 38.0 Å². The van der Waals surface area contributed by atoms with E-state index < -0.39 is 8.32 Å². The Hall–Kier alpha value is -1.09. The minimum absolute atomic E-state index is 0.0975. The van der Waals surface area contributed by atoms with Gasteiger partial charge < -0.3 is 4.43 Å². The molecule has 0 rings (SSSR count). The molecule has 0 unspecified atom stereocenters. The Labute approximate surface area is 99.8 Å². The third-order valence-corrected chi connectivity index (χ3v) is 6.09. The number of hydrogen-bond donors (Lipinski definition) is 0. The number of rotatable bonds is 9. The topological polar surface area (TPSA) is 26.3 Å². The molecule has 90 valence electrons. The Kier molecular flexibility index (Phi) is 7.55. The van der Waals surface area contributed by atoms with E-state index >= 15 is 0 Å². The molecular formula is C13H22O2Si. The number of carbonyl (C=O) groups is 1. The van der Waals surface area contributed by atoms with Gasteiger partial charge in [0.1, 0.15) is 0 Å². The summed E-state index contributed by atoms with van der Waals surface area (Å²) in [6.45, 7) is 13.2. The Morgan fingerprint density at radius 3 is 1.88 bits per heavy atom. The first-order chi connectivity index (χ1) is 7.64. The Morgan fingerprint density at radius 1 is 1.12 bits per heavy atom. The molecule has 16 heavy (non-hydrogen) atoms. The van der Waals surface area contributed by atoms with E-state index in [9.17, 15) is 4.79 Å². The molecule has 0 heterocycles. The van der Waals surface area contributed by atoms with Crippen LogP contribution in [0.3, 0.4) is 0 Å². The lowest BCUT2D eigenvalue weighted by atomic mass is 10.4. The monoisotopic (exact) mass is 238 g/mol. The zero-order valence-electron chi connectivity index (χ0n) is 10.2. The third-order valence-electron chi connectivity index (χ3n) is 2.33. The smallest absolute Gasteiger partial charge is 0.292 e. The molecule has 0 saturated carbocycles. The number of hydrogen-bond acceptors (Lipinski definition) is 2. The average Bonchev–Trinajstić information content (AvgIpc) is 2.18. The van der Waals surface area contributed by atoms with Gasteiger partial charge >= 0.3 is 0 Å². The van der Waals surface area contributed by atoms with E-state index in [0.717, 1.165) is 24.6 Å². The van der Waals surface area contributed by atoms with E-state index in [1.807, 2.05) is 25.2 Å². The van der Waals surface area contributed by atoms with Gasteiger partial charge in [0.25, 0.3) is 14.3 Å². The van der Waals surface area contributed by atoms with Crippen molar-refractivity contribution in [2.75, 3.05) is 0 Å². The molecule has 0 amide bonds. The Morgan fingerprint density at radius 2 is 1.56 bits per heavy atom. The van der Waals surface area contributed by atoms with Gasteiger partial charge in [-0.05, 0) is 24.6 Å². The minimum atomic E-state index is -2.10. The fourth-order valence-corrected chi connectivity index (χ4v) is 4.57. The number of carbonyl (C=O) groups excluding carboxylic acids is 1. The highest BCUT2D eigenvalue weighted by Gasteiger charge is 2.34. The quantitative estimate of drug-likeness (QED) is 0.451. The SMILES string of the molecule is C=CC[Si](CC=C)(CC=C)OC(=O)CCC. The van der Waals surface area contributed by atoms with Crippen LogP contribution >= 0.6 is 0 Å². The fraction of sp³-hybridized carbons (Fsp3) is 0.462. The molecule has 0 saturated heterocycles. The van der Waals surface area contributed by atoms with Gasteiger partial charge in [0.05, 0.1) is 0 Å². The summed E-state index contributed by atoms with van der Waals surface area (Å²) in [5.74, 6) is -0.0975. The molecule has 0 aromatic carbocycles. The molecule has 0 fully saturated rings. The summed E-state index contributed by atoms with van der Waals surface area (Å²) >= 11 is 0. The molecule has 0 aliphatic rings. The zero-order chi connectivity index (χ0) is 12.4. The summed E-state index contributed by atoms with van der Waals surface area (Å²) in [7, 11) is -2.10. The van der Waals surface area contributed by atoms with Crippen molar-refractivity contribution in [1.82, 2.24) is 0 Å². The highest BCUT2D eigenvalue weighted by atomic mass is 28.4. The largest absolute Gasteiger partial charge is 0.518 e. The third kappa shape index (κ3) is 5.12. The molecule has 3 heteroatoms. The van der Waals surface area contributed by atoms with Gasteiger partial charge in [-0.25, -0.2) is 0 Å². The van der Waals surface area contributed by atoms with Crippen molar-refractivity contribution in [3.63, 3.8) is 0 Å². The summed E-state index contributed by atoms with van der Waals surface area (Å²) in [6.07, 6.45) is 6.80. The summed E-state index contributed by atoms with van der Waals surface area (Å²) in [5, 5.41) is 0. The highest BCUT2D eigenvalue weighted by molar-refractivity contribution is 6.76. The van der Waals surface area contributed by atoms with Crippen molar-refractivity contribution in [3.8, 4) is 0 Å². The van der Waals surface area contributed by atoms with Crippen LogP contribution < -0.4 is 0 Å². The van der Waals surface area contributed by atoms with Gasteiger partial charge in [0.15, 0.2) is 0 Å². The van der Waals surface area contributed by atoms with Crippen molar-refractivity contribution in [3.05, 3.63) is 38.0 Å². The van der Waals surface area contributed by atoms with Crippen LogP contribution in [-0.4, -0.2) is 14.3 Å². The van der Waals surface area contributed by atoms with Crippen molar-refractivity contribution >= 4 is 14.3 Å². The van der Waals surface area contributed by atoms with E-state index in [0.29, 0.717) is 6.42 Å². The van der Waals surface area contributed by atoms with Crippen LogP contribution in [-0.2, 0) is 9.22 Å². The molecule has 0 bridgehead atoms. The van der Waals surface area contributed by atoms with Crippen LogP contribution in [0, 0.1) is 0 Å². The lowest BCUT2D eigenvalue weighted by Crippen LogP contribution is -2.38. The van der Waals surface area contributed by atoms with Gasteiger partial charge in [-0.15, -0.1) is 19.7 Å².